The second-order valence-electron chi connectivity index (χ2n) is 2.65. The number of hydrogen-bond donors (Lipinski definition) is 1. The minimum absolute atomic E-state index is 1.43. The zero-order valence-corrected chi connectivity index (χ0v) is 8.44. The van der Waals surface area contributed by atoms with E-state index in [1.165, 1.54) is 0 Å². The normalized spacial score (nSPS) is 13.1. The summed E-state index contributed by atoms with van der Waals surface area (Å²) in [6.45, 7) is 0. The van der Waals surface area contributed by atoms with Crippen LogP contribution in [0.15, 0.2) is 0 Å². The molecule has 0 heterocycles. The van der Waals surface area contributed by atoms with E-state index in [9.17, 15) is 0 Å². The van der Waals surface area contributed by atoms with Gasteiger partial charge in [-0.15, -0.1) is 0 Å². The predicted molar refractivity (Wildman–Crippen MR) is 50.5 cm³/mol. The molecule has 0 aromatic rings. The van der Waals surface area contributed by atoms with Gasteiger partial charge in [-0.1, -0.05) is 6.30 Å². The Labute approximate surface area is 64.1 Å². The van der Waals surface area contributed by atoms with Crippen LogP contribution in [-0.2, 0) is 0 Å². The molecule has 0 fully saturated rings. The first-order chi connectivity index (χ1) is 4.45. The fourth-order valence-electron chi connectivity index (χ4n) is 0.758. The topological polar surface area (TPSA) is 18.5 Å². The van der Waals surface area contributed by atoms with E-state index in [0.29, 0.717) is 0 Å². The van der Waals surface area contributed by atoms with E-state index in [2.05, 4.69) is 20.7 Å². The van der Waals surface area contributed by atoms with Gasteiger partial charge in [0, 0.05) is 0 Å². The Hall–Kier alpha value is 0.180. The molecule has 0 amide bonds. The first kappa shape index (κ1) is 10.2. The van der Waals surface area contributed by atoms with Crippen LogP contribution in [0.5, 0.6) is 0 Å². The summed E-state index contributed by atoms with van der Waals surface area (Å²) in [6.07, 6.45) is 4.14. The maximum Gasteiger partial charge on any atom is 0.0705 e. The monoisotopic (exact) mass is 163 g/mol. The lowest BCUT2D eigenvalue weighted by molar-refractivity contribution is 0.558. The molecule has 4 heteroatoms. The highest BCUT2D eigenvalue weighted by Crippen LogP contribution is 2.42. The van der Waals surface area contributed by atoms with E-state index >= 15 is 0 Å². The van der Waals surface area contributed by atoms with Crippen LogP contribution < -0.4 is 5.09 Å². The molecular weight excluding hydrogens is 145 g/mol. The summed E-state index contributed by atoms with van der Waals surface area (Å²) in [5.41, 5.74) is 0. The van der Waals surface area contributed by atoms with Crippen LogP contribution in [0, 0.1) is 0 Å². The Morgan fingerprint density at radius 1 is 1.10 bits per heavy atom. The van der Waals surface area contributed by atoms with Gasteiger partial charge in [-0.05, 0) is 35.2 Å². The van der Waals surface area contributed by atoms with Crippen LogP contribution in [0.3, 0.4) is 0 Å². The van der Waals surface area contributed by atoms with E-state index in [1.54, 1.807) is 0 Å². The fraction of sp³-hybridized carbons (Fsp3) is 0.833. The van der Waals surface area contributed by atoms with Crippen molar-refractivity contribution in [3.8, 4) is 0 Å². The van der Waals surface area contributed by atoms with Crippen molar-refractivity contribution < 1.29 is 0 Å². The highest BCUT2D eigenvalue weighted by atomic mass is 31.2. The van der Waals surface area contributed by atoms with Crippen molar-refractivity contribution in [1.29, 1.82) is 0 Å². The predicted octanol–water partition coefficient (Wildman–Crippen LogP) is 0.524. The highest BCUT2D eigenvalue weighted by Gasteiger charge is 2.15. The molecule has 0 aromatic heterocycles. The van der Waals surface area contributed by atoms with Gasteiger partial charge < -0.3 is 0 Å². The second kappa shape index (κ2) is 3.54. The molecule has 62 valence electrons. The van der Waals surface area contributed by atoms with Crippen molar-refractivity contribution in [2.45, 2.75) is 0 Å². The zero-order chi connectivity index (χ0) is 8.36. The van der Waals surface area contributed by atoms with E-state index in [4.69, 9.17) is 0 Å². The zero-order valence-electron chi connectivity index (χ0n) is 7.55. The molecule has 0 aliphatic rings. The van der Waals surface area contributed by atoms with Crippen molar-refractivity contribution in [3.63, 3.8) is 0 Å². The lowest BCUT2D eigenvalue weighted by atomic mass is 11.3. The molecule has 0 atom stereocenters. The summed E-state index contributed by atoms with van der Waals surface area (Å²) in [7, 11) is 8.67. The van der Waals surface area contributed by atoms with E-state index in [1.807, 2.05) is 35.2 Å². The molecule has 3 nitrogen and oxygen atoms in total. The van der Waals surface area contributed by atoms with Crippen LogP contribution in [0.4, 0.5) is 0 Å². The van der Waals surface area contributed by atoms with E-state index in [0.717, 1.165) is 0 Å². The van der Waals surface area contributed by atoms with Crippen LogP contribution in [0.2, 0.25) is 0 Å². The SMILES string of the molecule is C=P(NC)(N(C)C)N(C)C. The van der Waals surface area contributed by atoms with Gasteiger partial charge in [0.05, 0.1) is 7.34 Å². The lowest BCUT2D eigenvalue weighted by Gasteiger charge is -2.36. The Balaban J connectivity index is 4.40. The Morgan fingerprint density at radius 2 is 1.40 bits per heavy atom. The standard InChI is InChI=1S/C6H18N3P/c1-7-10(6,8(2)3)9(4)5/h7H,6H2,1-5H3. The van der Waals surface area contributed by atoms with Crippen molar-refractivity contribution >= 4 is 13.6 Å². The molecule has 10 heavy (non-hydrogen) atoms. The molecule has 0 bridgehead atoms. The molecule has 0 spiro atoms. The highest BCUT2D eigenvalue weighted by molar-refractivity contribution is 7.67. The minimum Gasteiger partial charge on any atom is -0.277 e. The molecular formula is C6H18N3P. The van der Waals surface area contributed by atoms with Crippen molar-refractivity contribution in [1.82, 2.24) is 14.4 Å². The van der Waals surface area contributed by atoms with Gasteiger partial charge in [0.25, 0.3) is 0 Å². The molecule has 0 saturated heterocycles. The summed E-state index contributed by atoms with van der Waals surface area (Å²) in [5, 5.41) is 3.23. The van der Waals surface area contributed by atoms with Gasteiger partial charge in [-0.25, -0.2) is 0 Å². The van der Waals surface area contributed by atoms with Crippen LogP contribution in [0.1, 0.15) is 0 Å². The van der Waals surface area contributed by atoms with Crippen molar-refractivity contribution in [2.24, 2.45) is 0 Å². The van der Waals surface area contributed by atoms with Gasteiger partial charge in [0.15, 0.2) is 0 Å². The third-order valence-corrected chi connectivity index (χ3v) is 5.04. The minimum atomic E-state index is -1.43. The van der Waals surface area contributed by atoms with Gasteiger partial charge in [0.1, 0.15) is 0 Å². The molecule has 0 unspecified atom stereocenters. The van der Waals surface area contributed by atoms with Gasteiger partial charge >= 0.3 is 0 Å². The Kier molecular flexibility index (Phi) is 3.60. The number of nitrogens with one attached hydrogen (secondary N) is 1. The molecule has 0 aliphatic carbocycles. The van der Waals surface area contributed by atoms with Gasteiger partial charge in [0.2, 0.25) is 0 Å². The molecule has 0 saturated carbocycles. The first-order valence-corrected chi connectivity index (χ1v) is 5.11. The molecule has 0 aromatic carbocycles. The third-order valence-electron chi connectivity index (χ3n) is 1.68. The van der Waals surface area contributed by atoms with E-state index < -0.39 is 7.34 Å². The van der Waals surface area contributed by atoms with Crippen molar-refractivity contribution in [2.75, 3.05) is 35.2 Å². The number of nitrogens with zero attached hydrogens (tertiary/aromatic N) is 2. The Morgan fingerprint density at radius 3 is 1.40 bits per heavy atom. The quantitative estimate of drug-likeness (QED) is 0.612. The maximum absolute atomic E-state index is 4.14. The average molecular weight is 163 g/mol. The van der Waals surface area contributed by atoms with Gasteiger partial charge in [-0.3, -0.25) is 14.4 Å². The van der Waals surface area contributed by atoms with Crippen LogP contribution in [-0.4, -0.2) is 50.9 Å². The van der Waals surface area contributed by atoms with Crippen LogP contribution >= 0.6 is 7.34 Å². The summed E-state index contributed by atoms with van der Waals surface area (Å²) in [6, 6.07) is 0. The van der Waals surface area contributed by atoms with Crippen molar-refractivity contribution in [3.05, 3.63) is 0 Å². The summed E-state index contributed by atoms with van der Waals surface area (Å²) >= 11 is 0. The number of rotatable bonds is 3. The third kappa shape index (κ3) is 1.83. The Bertz CT molecular complexity index is 130. The summed E-state index contributed by atoms with van der Waals surface area (Å²) < 4.78 is 4.26. The number of hydrogen-bond acceptors (Lipinski definition) is 3. The summed E-state index contributed by atoms with van der Waals surface area (Å²) in [4.78, 5) is 0. The van der Waals surface area contributed by atoms with Crippen LogP contribution in [0.25, 0.3) is 0 Å². The smallest absolute Gasteiger partial charge is 0.0705 e. The summed E-state index contributed by atoms with van der Waals surface area (Å²) in [5.74, 6) is 0. The fourth-order valence-corrected chi connectivity index (χ4v) is 2.27. The maximum atomic E-state index is 4.14. The first-order valence-electron chi connectivity index (χ1n) is 3.23. The second-order valence-corrected chi connectivity index (χ2v) is 6.16. The van der Waals surface area contributed by atoms with E-state index in [-0.39, 0.29) is 0 Å². The average Bonchev–Trinajstić information content (AvgIpc) is 1.85. The largest absolute Gasteiger partial charge is 0.277 e. The van der Waals surface area contributed by atoms with Gasteiger partial charge in [-0.2, -0.15) is 0 Å². The molecule has 0 rings (SSSR count). The molecule has 0 radical (unpaired) electrons. The molecule has 0 aliphatic heterocycles. The lowest BCUT2D eigenvalue weighted by Crippen LogP contribution is -2.28. The molecule has 1 N–H and O–H groups in total.